The summed E-state index contributed by atoms with van der Waals surface area (Å²) < 4.78 is 10.7. The van der Waals surface area contributed by atoms with Crippen LogP contribution in [0.1, 0.15) is 54.4 Å². The minimum absolute atomic E-state index is 0.135. The molecule has 4 rings (SSSR count). The molecule has 6 nitrogen and oxygen atoms in total. The van der Waals surface area contributed by atoms with Gasteiger partial charge in [0.05, 0.1) is 12.7 Å². The zero-order chi connectivity index (χ0) is 22.9. The maximum Gasteiger partial charge on any atom is 0.341 e. The average Bonchev–Trinajstić information content (AvgIpc) is 3.32. The first-order valence-electron chi connectivity index (χ1n) is 10.8. The lowest BCUT2D eigenvalue weighted by Gasteiger charge is -2.33. The molecule has 3 aromatic rings. The molecule has 0 bridgehead atoms. The van der Waals surface area contributed by atoms with Crippen LogP contribution in [0.5, 0.6) is 0 Å². The number of benzene rings is 1. The molecule has 0 spiro atoms. The third-order valence-corrected chi connectivity index (χ3v) is 7.96. The van der Waals surface area contributed by atoms with Gasteiger partial charge in [0.15, 0.2) is 5.58 Å². The van der Waals surface area contributed by atoms with E-state index in [1.807, 2.05) is 24.3 Å². The Morgan fingerprint density at radius 2 is 2.09 bits per heavy atom. The van der Waals surface area contributed by atoms with Gasteiger partial charge in [-0.25, -0.2) is 9.78 Å². The number of hydrogen-bond donors (Lipinski definition) is 1. The Morgan fingerprint density at radius 3 is 2.81 bits per heavy atom. The van der Waals surface area contributed by atoms with E-state index in [0.717, 1.165) is 35.9 Å². The van der Waals surface area contributed by atoms with E-state index in [-0.39, 0.29) is 23.7 Å². The Kier molecular flexibility index (Phi) is 6.62. The molecule has 1 amide bonds. The topological polar surface area (TPSA) is 81.4 Å². The fourth-order valence-electron chi connectivity index (χ4n) is 4.06. The minimum Gasteiger partial charge on any atom is -0.465 e. The number of hydrogen-bond acceptors (Lipinski definition) is 7. The lowest BCUT2D eigenvalue weighted by Crippen LogP contribution is -2.26. The lowest BCUT2D eigenvalue weighted by molar-refractivity contribution is -0.115. The summed E-state index contributed by atoms with van der Waals surface area (Å²) in [5.41, 5.74) is 3.32. The molecule has 1 aliphatic rings. The van der Waals surface area contributed by atoms with Crippen molar-refractivity contribution in [3.05, 3.63) is 40.3 Å². The Balaban J connectivity index is 1.43. The molecule has 0 saturated heterocycles. The Labute approximate surface area is 196 Å². The summed E-state index contributed by atoms with van der Waals surface area (Å²) in [6.07, 6.45) is 3.08. The number of esters is 1. The highest BCUT2D eigenvalue weighted by Crippen LogP contribution is 2.44. The van der Waals surface area contributed by atoms with Gasteiger partial charge in [-0.1, -0.05) is 44.7 Å². The standard InChI is InChI=1S/C24H28N2O4S2/c1-24(2,3)14-9-10-15-18(13-14)32-21(20(15)22(28)29-4)26-19(27)11-12-31-23-25-16-7-5-6-8-17(16)30-23/h5-8,14H,9-13H2,1-4H3,(H,26,27). The highest BCUT2D eigenvalue weighted by atomic mass is 32.2. The van der Waals surface area contributed by atoms with Gasteiger partial charge in [0, 0.05) is 17.1 Å². The number of aromatic nitrogens is 1. The Bertz CT molecular complexity index is 1110. The number of oxazole rings is 1. The van der Waals surface area contributed by atoms with E-state index >= 15 is 0 Å². The summed E-state index contributed by atoms with van der Waals surface area (Å²) in [7, 11) is 1.38. The zero-order valence-electron chi connectivity index (χ0n) is 18.8. The predicted octanol–water partition coefficient (Wildman–Crippen LogP) is 5.95. The largest absolute Gasteiger partial charge is 0.465 e. The van der Waals surface area contributed by atoms with E-state index < -0.39 is 0 Å². The van der Waals surface area contributed by atoms with Gasteiger partial charge >= 0.3 is 5.97 Å². The van der Waals surface area contributed by atoms with Crippen LogP contribution in [0, 0.1) is 11.3 Å². The van der Waals surface area contributed by atoms with Gasteiger partial charge in [0.2, 0.25) is 5.91 Å². The van der Waals surface area contributed by atoms with Crippen LogP contribution in [0.4, 0.5) is 5.00 Å². The first-order valence-corrected chi connectivity index (χ1v) is 12.6. The number of amides is 1. The number of thiophene rings is 1. The number of methoxy groups -OCH3 is 1. The molecule has 0 radical (unpaired) electrons. The van der Waals surface area contributed by atoms with Crippen molar-refractivity contribution in [1.29, 1.82) is 0 Å². The number of para-hydroxylation sites is 2. The molecule has 32 heavy (non-hydrogen) atoms. The maximum atomic E-state index is 12.7. The van der Waals surface area contributed by atoms with E-state index in [4.69, 9.17) is 9.15 Å². The first kappa shape index (κ1) is 22.9. The molecule has 8 heteroatoms. The zero-order valence-corrected chi connectivity index (χ0v) is 20.5. The van der Waals surface area contributed by atoms with E-state index in [9.17, 15) is 9.59 Å². The molecule has 170 valence electrons. The number of ether oxygens (including phenoxy) is 1. The van der Waals surface area contributed by atoms with Crippen LogP contribution in [-0.4, -0.2) is 29.7 Å². The third-order valence-electron chi connectivity index (χ3n) is 5.96. The Hall–Kier alpha value is -2.32. The number of carbonyl (C=O) groups is 2. The van der Waals surface area contributed by atoms with Crippen molar-refractivity contribution in [2.75, 3.05) is 18.2 Å². The summed E-state index contributed by atoms with van der Waals surface area (Å²) in [6.45, 7) is 6.78. The van der Waals surface area contributed by atoms with Crippen molar-refractivity contribution < 1.29 is 18.7 Å². The summed E-state index contributed by atoms with van der Waals surface area (Å²) in [5, 5.41) is 4.12. The fourth-order valence-corrected chi connectivity index (χ4v) is 6.17. The molecule has 2 heterocycles. The molecule has 0 aliphatic heterocycles. The van der Waals surface area contributed by atoms with Gasteiger partial charge in [-0.15, -0.1) is 11.3 Å². The van der Waals surface area contributed by atoms with Crippen LogP contribution >= 0.6 is 23.1 Å². The number of thioether (sulfide) groups is 1. The predicted molar refractivity (Wildman–Crippen MR) is 129 cm³/mol. The Morgan fingerprint density at radius 1 is 1.31 bits per heavy atom. The van der Waals surface area contributed by atoms with Crippen LogP contribution in [0.3, 0.4) is 0 Å². The number of carbonyl (C=O) groups excluding carboxylic acids is 2. The van der Waals surface area contributed by atoms with Gasteiger partial charge in [0.1, 0.15) is 10.5 Å². The normalized spacial score (nSPS) is 16.1. The first-order chi connectivity index (χ1) is 15.3. The molecule has 1 aromatic carbocycles. The van der Waals surface area contributed by atoms with Gasteiger partial charge in [-0.3, -0.25) is 4.79 Å². The van der Waals surface area contributed by atoms with Crippen LogP contribution < -0.4 is 5.32 Å². The molecule has 0 saturated carbocycles. The SMILES string of the molecule is COC(=O)c1c(NC(=O)CCSc2nc3ccccc3o2)sc2c1CCC(C(C)(C)C)C2. The number of fused-ring (bicyclic) bond motifs is 2. The molecule has 1 aliphatic carbocycles. The van der Waals surface area contributed by atoms with Crippen molar-refractivity contribution in [2.24, 2.45) is 11.3 Å². The van der Waals surface area contributed by atoms with Gasteiger partial charge in [0.25, 0.3) is 5.22 Å². The number of anilines is 1. The van der Waals surface area contributed by atoms with Crippen molar-refractivity contribution in [1.82, 2.24) is 4.98 Å². The minimum atomic E-state index is -0.382. The molecular formula is C24H28N2O4S2. The quantitative estimate of drug-likeness (QED) is 0.353. The number of nitrogens with one attached hydrogen (secondary N) is 1. The van der Waals surface area contributed by atoms with Crippen molar-refractivity contribution in [3.63, 3.8) is 0 Å². The summed E-state index contributed by atoms with van der Waals surface area (Å²) in [4.78, 5) is 30.8. The van der Waals surface area contributed by atoms with Crippen LogP contribution in [0.25, 0.3) is 11.1 Å². The summed E-state index contributed by atoms with van der Waals surface area (Å²) >= 11 is 2.92. The summed E-state index contributed by atoms with van der Waals surface area (Å²) in [5.74, 6) is 0.566. The van der Waals surface area contributed by atoms with Crippen molar-refractivity contribution in [2.45, 2.75) is 51.7 Å². The van der Waals surface area contributed by atoms with E-state index in [1.165, 1.54) is 35.1 Å². The highest BCUT2D eigenvalue weighted by molar-refractivity contribution is 7.99. The lowest BCUT2D eigenvalue weighted by atomic mass is 9.72. The van der Waals surface area contributed by atoms with Crippen molar-refractivity contribution >= 4 is 51.1 Å². The molecular weight excluding hydrogens is 444 g/mol. The highest BCUT2D eigenvalue weighted by Gasteiger charge is 2.34. The second-order valence-corrected chi connectivity index (χ2v) is 11.3. The van der Waals surface area contributed by atoms with E-state index in [0.29, 0.717) is 27.5 Å². The number of nitrogens with zero attached hydrogens (tertiary/aromatic N) is 1. The van der Waals surface area contributed by atoms with Gasteiger partial charge in [-0.05, 0) is 48.3 Å². The van der Waals surface area contributed by atoms with E-state index in [2.05, 4.69) is 31.1 Å². The average molecular weight is 473 g/mol. The fraction of sp³-hybridized carbons (Fsp3) is 0.458. The number of rotatable bonds is 6. The molecule has 1 atom stereocenters. The summed E-state index contributed by atoms with van der Waals surface area (Å²) in [6, 6.07) is 7.58. The third kappa shape index (κ3) is 4.86. The molecule has 1 N–H and O–H groups in total. The monoisotopic (exact) mass is 472 g/mol. The second kappa shape index (κ2) is 9.27. The van der Waals surface area contributed by atoms with E-state index in [1.54, 1.807) is 0 Å². The maximum absolute atomic E-state index is 12.7. The van der Waals surface area contributed by atoms with Crippen LogP contribution in [0.15, 0.2) is 33.9 Å². The van der Waals surface area contributed by atoms with Crippen LogP contribution in [0.2, 0.25) is 0 Å². The second-order valence-electron chi connectivity index (χ2n) is 9.10. The molecule has 0 fully saturated rings. The molecule has 1 unspecified atom stereocenters. The smallest absolute Gasteiger partial charge is 0.341 e. The van der Waals surface area contributed by atoms with Crippen molar-refractivity contribution in [3.8, 4) is 0 Å². The van der Waals surface area contributed by atoms with Gasteiger partial charge < -0.3 is 14.5 Å². The molecule has 2 aromatic heterocycles. The van der Waals surface area contributed by atoms with Gasteiger partial charge in [-0.2, -0.15) is 0 Å². The van der Waals surface area contributed by atoms with Crippen LogP contribution in [-0.2, 0) is 22.4 Å².